The molecule has 4 heteroatoms. The van der Waals surface area contributed by atoms with E-state index in [-0.39, 0.29) is 0 Å². The zero-order chi connectivity index (χ0) is 30.3. The van der Waals surface area contributed by atoms with Crippen LogP contribution >= 0.6 is 0 Å². The number of nitrogens with zero attached hydrogens (tertiary/aromatic N) is 4. The van der Waals surface area contributed by atoms with Crippen LogP contribution in [0.15, 0.2) is 158 Å². The van der Waals surface area contributed by atoms with Gasteiger partial charge in [-0.1, -0.05) is 133 Å². The number of hydrogen-bond acceptors (Lipinski definition) is 3. The molecular formula is C39H26N4. The highest BCUT2D eigenvalue weighted by molar-refractivity contribution is 6.09. The Balaban J connectivity index is 1.47. The van der Waals surface area contributed by atoms with Crippen LogP contribution in [0.1, 0.15) is 2.74 Å². The van der Waals surface area contributed by atoms with Gasteiger partial charge in [0.05, 0.1) is 19.5 Å². The quantitative estimate of drug-likeness (QED) is 0.213. The molecule has 0 spiro atoms. The highest BCUT2D eigenvalue weighted by Gasteiger charge is 2.20. The van der Waals surface area contributed by atoms with Crippen molar-refractivity contribution >= 4 is 21.8 Å². The maximum atomic E-state index is 8.51. The van der Waals surface area contributed by atoms with Gasteiger partial charge in [0, 0.05) is 27.5 Å². The number of fused-ring (bicyclic) bond motifs is 3. The van der Waals surface area contributed by atoms with E-state index in [0.29, 0.717) is 29.6 Å². The zero-order valence-electron chi connectivity index (χ0n) is 25.1. The topological polar surface area (TPSA) is 43.6 Å². The summed E-state index contributed by atoms with van der Waals surface area (Å²) in [4.78, 5) is 15.0. The minimum atomic E-state index is 0.413. The largest absolute Gasteiger partial charge is 0.308 e. The summed E-state index contributed by atoms with van der Waals surface area (Å²) in [5.41, 5.74) is 7.36. The molecule has 4 nitrogen and oxygen atoms in total. The molecule has 0 N–H and O–H groups in total. The van der Waals surface area contributed by atoms with Crippen LogP contribution < -0.4 is 0 Å². The summed E-state index contributed by atoms with van der Waals surface area (Å²) in [6.45, 7) is 0. The standard InChI is InChI=1S/C39H26N4/c1-4-14-27(15-5-1)30-24-25-33(36(26-30)43-34-22-12-10-20-31(34)32-21-11-13-23-35(32)43)39-41-37(28-16-6-2-7-17-28)40-38(42-39)29-18-8-3-9-19-29/h1-26H/i12D,13D. The van der Waals surface area contributed by atoms with Crippen LogP contribution in [0.25, 0.3) is 72.8 Å². The van der Waals surface area contributed by atoms with E-state index in [4.69, 9.17) is 17.7 Å². The minimum absolute atomic E-state index is 0.413. The first-order valence-corrected chi connectivity index (χ1v) is 14.2. The van der Waals surface area contributed by atoms with E-state index >= 15 is 0 Å². The molecule has 6 aromatic carbocycles. The third-order valence-corrected chi connectivity index (χ3v) is 7.74. The number of benzene rings is 6. The number of aromatic nitrogens is 4. The van der Waals surface area contributed by atoms with E-state index in [2.05, 4.69) is 34.9 Å². The molecular weight excluding hydrogens is 524 g/mol. The van der Waals surface area contributed by atoms with Crippen LogP contribution in [0.3, 0.4) is 0 Å². The molecule has 2 aromatic heterocycles. The van der Waals surface area contributed by atoms with Crippen molar-refractivity contribution in [3.8, 4) is 51.0 Å². The van der Waals surface area contributed by atoms with Gasteiger partial charge in [-0.3, -0.25) is 0 Å². The third kappa shape index (κ3) is 4.46. The Morgan fingerprint density at radius 1 is 0.419 bits per heavy atom. The van der Waals surface area contributed by atoms with Crippen molar-refractivity contribution in [1.29, 1.82) is 0 Å². The molecule has 0 aliphatic heterocycles. The maximum absolute atomic E-state index is 8.51. The molecule has 43 heavy (non-hydrogen) atoms. The lowest BCUT2D eigenvalue weighted by Crippen LogP contribution is -2.04. The van der Waals surface area contributed by atoms with Gasteiger partial charge in [0.2, 0.25) is 0 Å². The zero-order valence-corrected chi connectivity index (χ0v) is 23.1. The highest BCUT2D eigenvalue weighted by atomic mass is 15.1. The summed E-state index contributed by atoms with van der Waals surface area (Å²) in [7, 11) is 0. The van der Waals surface area contributed by atoms with Crippen LogP contribution in [0, 0.1) is 0 Å². The van der Waals surface area contributed by atoms with Gasteiger partial charge in [0.1, 0.15) is 0 Å². The fourth-order valence-corrected chi connectivity index (χ4v) is 5.70. The first-order chi connectivity index (χ1) is 22.1. The van der Waals surface area contributed by atoms with Gasteiger partial charge in [0.25, 0.3) is 0 Å². The van der Waals surface area contributed by atoms with E-state index < -0.39 is 0 Å². The molecule has 2 heterocycles. The predicted molar refractivity (Wildman–Crippen MR) is 176 cm³/mol. The van der Waals surface area contributed by atoms with Crippen molar-refractivity contribution in [3.05, 3.63) is 158 Å². The van der Waals surface area contributed by atoms with Gasteiger partial charge in [-0.25, -0.2) is 15.0 Å². The molecule has 0 atom stereocenters. The molecule has 0 amide bonds. The fourth-order valence-electron chi connectivity index (χ4n) is 5.70. The molecule has 202 valence electrons. The van der Waals surface area contributed by atoms with Gasteiger partial charge in [-0.2, -0.15) is 0 Å². The van der Waals surface area contributed by atoms with Gasteiger partial charge in [-0.15, -0.1) is 0 Å². The predicted octanol–water partition coefficient (Wildman–Crippen LogP) is 9.64. The van der Waals surface area contributed by atoms with Gasteiger partial charge < -0.3 is 4.57 Å². The third-order valence-electron chi connectivity index (χ3n) is 7.74. The van der Waals surface area contributed by atoms with Crippen LogP contribution in [0.2, 0.25) is 0 Å². The molecule has 8 rings (SSSR count). The molecule has 0 fully saturated rings. The first-order valence-electron chi connectivity index (χ1n) is 15.2. The molecule has 0 unspecified atom stereocenters. The van der Waals surface area contributed by atoms with Crippen molar-refractivity contribution in [2.24, 2.45) is 0 Å². The van der Waals surface area contributed by atoms with Gasteiger partial charge in [-0.05, 0) is 35.4 Å². The summed E-state index contributed by atoms with van der Waals surface area (Å²) in [5.74, 6) is 1.71. The van der Waals surface area contributed by atoms with Crippen molar-refractivity contribution in [2.45, 2.75) is 0 Å². The monoisotopic (exact) mass is 552 g/mol. The second-order valence-electron chi connectivity index (χ2n) is 10.4. The lowest BCUT2D eigenvalue weighted by molar-refractivity contribution is 1.06. The van der Waals surface area contributed by atoms with Crippen molar-refractivity contribution in [1.82, 2.24) is 19.5 Å². The van der Waals surface area contributed by atoms with Crippen molar-refractivity contribution in [2.75, 3.05) is 0 Å². The van der Waals surface area contributed by atoms with E-state index in [1.54, 1.807) is 0 Å². The van der Waals surface area contributed by atoms with E-state index in [0.717, 1.165) is 55.3 Å². The molecule has 0 aliphatic carbocycles. The molecule has 0 saturated carbocycles. The second kappa shape index (κ2) is 10.5. The molecule has 0 radical (unpaired) electrons. The van der Waals surface area contributed by atoms with Crippen LogP contribution in [-0.2, 0) is 0 Å². The Morgan fingerprint density at radius 3 is 1.44 bits per heavy atom. The average Bonchev–Trinajstić information content (AvgIpc) is 3.41. The lowest BCUT2D eigenvalue weighted by Gasteiger charge is -2.16. The Bertz CT molecular complexity index is 2220. The Morgan fingerprint density at radius 2 is 0.907 bits per heavy atom. The summed E-state index contributed by atoms with van der Waals surface area (Å²) in [5, 5.41) is 2.03. The average molecular weight is 553 g/mol. The summed E-state index contributed by atoms with van der Waals surface area (Å²) < 4.78 is 19.2. The van der Waals surface area contributed by atoms with Crippen LogP contribution in [-0.4, -0.2) is 19.5 Å². The second-order valence-corrected chi connectivity index (χ2v) is 10.4. The van der Waals surface area contributed by atoms with E-state index in [1.807, 2.05) is 115 Å². The Kier molecular flexibility index (Phi) is 5.57. The molecule has 0 saturated heterocycles. The van der Waals surface area contributed by atoms with Crippen molar-refractivity contribution < 1.29 is 2.74 Å². The summed E-state index contributed by atoms with van der Waals surface area (Å²) in [6.07, 6.45) is 0. The van der Waals surface area contributed by atoms with E-state index in [1.165, 1.54) is 0 Å². The minimum Gasteiger partial charge on any atom is -0.308 e. The Labute approximate surface area is 252 Å². The smallest absolute Gasteiger partial charge is 0.166 e. The highest BCUT2D eigenvalue weighted by Crippen LogP contribution is 2.38. The Hall–Kier alpha value is -5.87. The maximum Gasteiger partial charge on any atom is 0.166 e. The van der Waals surface area contributed by atoms with Crippen LogP contribution in [0.5, 0.6) is 0 Å². The van der Waals surface area contributed by atoms with Crippen molar-refractivity contribution in [3.63, 3.8) is 0 Å². The summed E-state index contributed by atoms with van der Waals surface area (Å²) in [6, 6.07) is 48.7. The van der Waals surface area contributed by atoms with Gasteiger partial charge in [0.15, 0.2) is 17.5 Å². The summed E-state index contributed by atoms with van der Waals surface area (Å²) >= 11 is 0. The number of rotatable bonds is 5. The first kappa shape index (κ1) is 22.8. The molecule has 8 aromatic rings. The molecule has 0 bridgehead atoms. The normalized spacial score (nSPS) is 11.9. The van der Waals surface area contributed by atoms with Crippen LogP contribution in [0.4, 0.5) is 0 Å². The van der Waals surface area contributed by atoms with Gasteiger partial charge >= 0.3 is 0 Å². The lowest BCUT2D eigenvalue weighted by atomic mass is 10.0. The number of hydrogen-bond donors (Lipinski definition) is 0. The van der Waals surface area contributed by atoms with E-state index in [9.17, 15) is 0 Å². The number of para-hydroxylation sites is 2. The fraction of sp³-hybridized carbons (Fsp3) is 0. The SMILES string of the molecule is [2H]c1ccc2c3ccc([2H])cc3n(-c3cc(-c4ccccc4)ccc3-c3nc(-c4ccccc4)nc(-c4ccccc4)n3)c2c1. The molecule has 0 aliphatic rings.